The topological polar surface area (TPSA) is 101 Å². The molecule has 1 aromatic rings. The number of carbonyl (C=O) groups excluding carboxylic acids is 2. The Bertz CT molecular complexity index is 823. The second-order valence-corrected chi connectivity index (χ2v) is 9.64. The van der Waals surface area contributed by atoms with Crippen molar-refractivity contribution < 1.29 is 28.2 Å². The summed E-state index contributed by atoms with van der Waals surface area (Å²) in [4.78, 5) is 26.4. The fourth-order valence-electron chi connectivity index (χ4n) is 5.14. The molecular formula is C26H41FN4O5. The lowest BCUT2D eigenvalue weighted by atomic mass is 9.88. The number of urea groups is 1. The molecule has 0 saturated carbocycles. The molecule has 3 rings (SSSR count). The Morgan fingerprint density at radius 3 is 2.86 bits per heavy atom. The fourth-order valence-corrected chi connectivity index (χ4v) is 5.14. The van der Waals surface area contributed by atoms with Crippen LogP contribution in [-0.2, 0) is 14.2 Å². The highest BCUT2D eigenvalue weighted by Crippen LogP contribution is 2.33. The van der Waals surface area contributed by atoms with Gasteiger partial charge in [0.1, 0.15) is 5.82 Å². The van der Waals surface area contributed by atoms with Crippen LogP contribution < -0.4 is 16.0 Å². The van der Waals surface area contributed by atoms with Crippen molar-refractivity contribution in [2.45, 2.75) is 44.2 Å². The average molecular weight is 509 g/mol. The zero-order valence-corrected chi connectivity index (χ0v) is 21.5. The Morgan fingerprint density at radius 2 is 2.14 bits per heavy atom. The van der Waals surface area contributed by atoms with Crippen LogP contribution >= 0.6 is 0 Å². The fraction of sp³-hybridized carbons (Fsp3) is 0.692. The number of hydrogen-bond donors (Lipinski definition) is 3. The van der Waals surface area contributed by atoms with Crippen LogP contribution in [0.1, 0.15) is 43.8 Å². The number of benzene rings is 1. The molecule has 36 heavy (non-hydrogen) atoms. The number of carbonyl (C=O) groups is 2. The van der Waals surface area contributed by atoms with E-state index >= 15 is 0 Å². The standard InChI is InChI=1S/C26H41FN4O5/c1-28-16-23(14-19-6-5-12-35-18-19)30-25(32)31-11-4-8-21(17-31)24(20-7-3-9-22(27)15-20)36-13-10-29-26(33)34-2/h3,7,9,15,19,21,23-24,28H,4-6,8,10-14,16-18H2,1-2H3,(H,29,33)(H,30,32)/t19?,21-,23+,24+/m1/s1. The number of ether oxygens (including phenoxy) is 3. The number of methoxy groups -OCH3 is 1. The van der Waals surface area contributed by atoms with Crippen LogP contribution in [0.4, 0.5) is 14.0 Å². The molecule has 9 nitrogen and oxygen atoms in total. The van der Waals surface area contributed by atoms with Crippen molar-refractivity contribution in [3.63, 3.8) is 0 Å². The van der Waals surface area contributed by atoms with Gasteiger partial charge in [0.25, 0.3) is 0 Å². The lowest BCUT2D eigenvalue weighted by Crippen LogP contribution is -2.52. The van der Waals surface area contributed by atoms with E-state index in [1.54, 1.807) is 6.07 Å². The number of likely N-dealkylation sites (tertiary alicyclic amines) is 1. The Balaban J connectivity index is 1.62. The summed E-state index contributed by atoms with van der Waals surface area (Å²) in [6, 6.07) is 6.33. The first-order valence-electron chi connectivity index (χ1n) is 13.0. The minimum Gasteiger partial charge on any atom is -0.453 e. The van der Waals surface area contributed by atoms with Crippen LogP contribution in [0.5, 0.6) is 0 Å². The van der Waals surface area contributed by atoms with E-state index in [9.17, 15) is 14.0 Å². The molecule has 2 heterocycles. The van der Waals surface area contributed by atoms with Gasteiger partial charge in [-0.05, 0) is 62.8 Å². The molecule has 0 radical (unpaired) electrons. The minimum atomic E-state index is -0.530. The van der Waals surface area contributed by atoms with Crippen LogP contribution in [0.3, 0.4) is 0 Å². The van der Waals surface area contributed by atoms with E-state index in [4.69, 9.17) is 9.47 Å². The first-order valence-corrected chi connectivity index (χ1v) is 13.0. The molecule has 2 fully saturated rings. The Kier molecular flexibility index (Phi) is 11.7. The molecule has 2 saturated heterocycles. The molecule has 1 aromatic carbocycles. The van der Waals surface area contributed by atoms with Gasteiger partial charge in [0.2, 0.25) is 0 Å². The Morgan fingerprint density at radius 1 is 1.28 bits per heavy atom. The molecule has 3 amide bonds. The number of rotatable bonds is 11. The third-order valence-corrected chi connectivity index (χ3v) is 6.86. The van der Waals surface area contributed by atoms with Gasteiger partial charge in [-0.2, -0.15) is 0 Å². The third kappa shape index (κ3) is 8.90. The summed E-state index contributed by atoms with van der Waals surface area (Å²) in [7, 11) is 3.20. The summed E-state index contributed by atoms with van der Waals surface area (Å²) < 4.78 is 30.4. The van der Waals surface area contributed by atoms with Crippen LogP contribution in [0.2, 0.25) is 0 Å². The molecule has 0 bridgehead atoms. The van der Waals surface area contributed by atoms with Gasteiger partial charge < -0.3 is 35.1 Å². The van der Waals surface area contributed by atoms with E-state index in [2.05, 4.69) is 20.7 Å². The lowest BCUT2D eigenvalue weighted by Gasteiger charge is -2.38. The summed E-state index contributed by atoms with van der Waals surface area (Å²) in [5.74, 6) is 0.121. The molecular weight excluding hydrogens is 467 g/mol. The van der Waals surface area contributed by atoms with Crippen molar-refractivity contribution in [2.75, 3.05) is 60.2 Å². The highest BCUT2D eigenvalue weighted by atomic mass is 19.1. The van der Waals surface area contributed by atoms with E-state index in [0.717, 1.165) is 50.9 Å². The zero-order valence-electron chi connectivity index (χ0n) is 21.5. The van der Waals surface area contributed by atoms with E-state index < -0.39 is 12.2 Å². The maximum atomic E-state index is 14.0. The predicted molar refractivity (Wildman–Crippen MR) is 134 cm³/mol. The van der Waals surface area contributed by atoms with Gasteiger partial charge in [-0.3, -0.25) is 0 Å². The third-order valence-electron chi connectivity index (χ3n) is 6.86. The SMILES string of the molecule is CNC[C@H](CC1CCCOC1)NC(=O)N1CCC[C@@H]([C@@H](OCCNC(=O)OC)c2cccc(F)c2)C1. The maximum absolute atomic E-state index is 14.0. The predicted octanol–water partition coefficient (Wildman–Crippen LogP) is 3.07. The average Bonchev–Trinajstić information content (AvgIpc) is 2.89. The molecule has 10 heteroatoms. The van der Waals surface area contributed by atoms with Gasteiger partial charge in [-0.25, -0.2) is 14.0 Å². The van der Waals surface area contributed by atoms with Crippen molar-refractivity contribution in [2.24, 2.45) is 11.8 Å². The van der Waals surface area contributed by atoms with E-state index in [1.165, 1.54) is 19.2 Å². The van der Waals surface area contributed by atoms with Crippen LogP contribution in [-0.4, -0.2) is 83.2 Å². The van der Waals surface area contributed by atoms with Crippen molar-refractivity contribution in [3.05, 3.63) is 35.6 Å². The number of halogens is 1. The van der Waals surface area contributed by atoms with Gasteiger partial charge in [0.15, 0.2) is 0 Å². The largest absolute Gasteiger partial charge is 0.453 e. The Labute approximate surface area is 213 Å². The first kappa shape index (κ1) is 28.1. The number of nitrogens with zero attached hydrogens (tertiary/aromatic N) is 1. The van der Waals surface area contributed by atoms with Gasteiger partial charge in [-0.1, -0.05) is 12.1 Å². The molecule has 2 aliphatic heterocycles. The Hall–Kier alpha value is -2.43. The highest BCUT2D eigenvalue weighted by molar-refractivity contribution is 5.74. The molecule has 4 atom stereocenters. The van der Waals surface area contributed by atoms with Gasteiger partial charge in [-0.15, -0.1) is 0 Å². The van der Waals surface area contributed by atoms with E-state index in [-0.39, 0.29) is 37.0 Å². The van der Waals surface area contributed by atoms with Crippen molar-refractivity contribution in [3.8, 4) is 0 Å². The number of hydrogen-bond acceptors (Lipinski definition) is 6. The van der Waals surface area contributed by atoms with E-state index in [0.29, 0.717) is 25.6 Å². The van der Waals surface area contributed by atoms with Gasteiger partial charge in [0.05, 0.1) is 19.8 Å². The molecule has 0 spiro atoms. The van der Waals surface area contributed by atoms with Crippen LogP contribution in [0, 0.1) is 17.7 Å². The molecule has 0 aliphatic carbocycles. The number of amides is 3. The molecule has 2 aliphatic rings. The van der Waals surface area contributed by atoms with Crippen LogP contribution in [0.25, 0.3) is 0 Å². The maximum Gasteiger partial charge on any atom is 0.406 e. The molecule has 202 valence electrons. The van der Waals surface area contributed by atoms with Crippen molar-refractivity contribution >= 4 is 12.1 Å². The van der Waals surface area contributed by atoms with Crippen LogP contribution in [0.15, 0.2) is 24.3 Å². The molecule has 3 N–H and O–H groups in total. The quantitative estimate of drug-likeness (QED) is 0.397. The summed E-state index contributed by atoms with van der Waals surface area (Å²) in [5, 5.41) is 9.01. The number of piperidine rings is 1. The minimum absolute atomic E-state index is 0.000999. The number of nitrogens with one attached hydrogen (secondary N) is 3. The normalized spacial score (nSPS) is 21.9. The molecule has 0 aromatic heterocycles. The second kappa shape index (κ2) is 15.0. The summed E-state index contributed by atoms with van der Waals surface area (Å²) in [6.45, 7) is 3.96. The summed E-state index contributed by atoms with van der Waals surface area (Å²) >= 11 is 0. The lowest BCUT2D eigenvalue weighted by molar-refractivity contribution is -0.00889. The van der Waals surface area contributed by atoms with Crippen molar-refractivity contribution in [1.82, 2.24) is 20.9 Å². The number of alkyl carbamates (subject to hydrolysis) is 1. The monoisotopic (exact) mass is 508 g/mol. The second-order valence-electron chi connectivity index (χ2n) is 9.64. The van der Waals surface area contributed by atoms with Crippen molar-refractivity contribution in [1.29, 1.82) is 0 Å². The van der Waals surface area contributed by atoms with Gasteiger partial charge in [0, 0.05) is 51.4 Å². The summed E-state index contributed by atoms with van der Waals surface area (Å²) in [6.07, 6.45) is 3.83. The zero-order chi connectivity index (χ0) is 25.8. The highest BCUT2D eigenvalue weighted by Gasteiger charge is 2.32. The smallest absolute Gasteiger partial charge is 0.406 e. The molecule has 1 unspecified atom stereocenters. The van der Waals surface area contributed by atoms with Gasteiger partial charge >= 0.3 is 12.1 Å². The number of likely N-dealkylation sites (N-methyl/N-ethyl adjacent to an activating group) is 1. The first-order chi connectivity index (χ1) is 17.5. The van der Waals surface area contributed by atoms with E-state index in [1.807, 2.05) is 18.0 Å². The summed E-state index contributed by atoms with van der Waals surface area (Å²) in [5.41, 5.74) is 0.727.